The molecule has 1 aromatic heterocycles. The molecule has 2 fully saturated rings. The largest absolute Gasteiger partial charge is 0.444 e. The number of nitrogens with one attached hydrogen (secondary N) is 1. The first-order valence-corrected chi connectivity index (χ1v) is 12.4. The molecule has 0 saturated carbocycles. The number of benzene rings is 2. The Bertz CT molecular complexity index is 1370. The molecule has 2 aliphatic rings. The van der Waals surface area contributed by atoms with E-state index >= 15 is 0 Å². The Labute approximate surface area is 218 Å². The minimum absolute atomic E-state index is 0.00752. The van der Waals surface area contributed by atoms with Gasteiger partial charge in [-0.3, -0.25) is 4.90 Å². The van der Waals surface area contributed by atoms with E-state index in [0.29, 0.717) is 54.9 Å². The molecule has 194 valence electrons. The number of piperidine rings is 1. The van der Waals surface area contributed by atoms with Crippen LogP contribution >= 0.6 is 11.6 Å². The monoisotopic (exact) mass is 527 g/mol. The van der Waals surface area contributed by atoms with E-state index in [-0.39, 0.29) is 16.8 Å². The number of rotatable bonds is 3. The average Bonchev–Trinajstić information content (AvgIpc) is 3.16. The topological polar surface area (TPSA) is 96.9 Å². The van der Waals surface area contributed by atoms with Crippen LogP contribution in [0.15, 0.2) is 42.7 Å². The maximum Gasteiger partial charge on any atom is 0.415 e. The summed E-state index contributed by atoms with van der Waals surface area (Å²) >= 11 is 5.92. The van der Waals surface area contributed by atoms with Crippen LogP contribution in [0.1, 0.15) is 33.6 Å². The van der Waals surface area contributed by atoms with E-state index in [2.05, 4.69) is 15.3 Å². The lowest BCUT2D eigenvalue weighted by molar-refractivity contribution is -0.0167. The highest BCUT2D eigenvalue weighted by molar-refractivity contribution is 6.31. The lowest BCUT2D eigenvalue weighted by atomic mass is 9.91. The number of likely N-dealkylation sites (tertiary alicyclic amines) is 1. The van der Waals surface area contributed by atoms with Gasteiger partial charge in [-0.25, -0.2) is 23.9 Å². The number of halogens is 2. The Hall–Kier alpha value is -3.66. The third-order valence-corrected chi connectivity index (χ3v) is 6.72. The van der Waals surface area contributed by atoms with Gasteiger partial charge in [0.2, 0.25) is 0 Å². The Morgan fingerprint density at radius 3 is 2.68 bits per heavy atom. The van der Waals surface area contributed by atoms with E-state index in [1.165, 1.54) is 12.4 Å². The smallest absolute Gasteiger partial charge is 0.415 e. The predicted octanol–water partition coefficient (Wildman–Crippen LogP) is 5.89. The number of amides is 2. The van der Waals surface area contributed by atoms with E-state index < -0.39 is 23.1 Å². The standard InChI is InChI=1S/C26H27ClFN5O4/c1-25(2,3)36-23(34)32-11-9-26(10-12-32)14-33(24(35)37-26)16-7-8-19-17(13-16)22(30-15-29-19)31-20-6-4-5-18(27)21(20)28/h4-8,13,15H,9-12,14H2,1-3H3,(H,29,30,31). The highest BCUT2D eigenvalue weighted by atomic mass is 35.5. The first-order valence-electron chi connectivity index (χ1n) is 12.0. The molecule has 0 bridgehead atoms. The number of aromatic nitrogens is 2. The zero-order valence-corrected chi connectivity index (χ0v) is 21.5. The lowest BCUT2D eigenvalue weighted by Gasteiger charge is -2.37. The second-order valence-corrected chi connectivity index (χ2v) is 10.7. The van der Waals surface area contributed by atoms with Gasteiger partial charge in [0.05, 0.1) is 22.8 Å². The van der Waals surface area contributed by atoms with Crippen molar-refractivity contribution in [1.29, 1.82) is 0 Å². The summed E-state index contributed by atoms with van der Waals surface area (Å²) < 4.78 is 25.8. The van der Waals surface area contributed by atoms with Crippen LogP contribution in [0, 0.1) is 5.82 Å². The van der Waals surface area contributed by atoms with Gasteiger partial charge in [-0.2, -0.15) is 0 Å². The van der Waals surface area contributed by atoms with Crippen molar-refractivity contribution in [1.82, 2.24) is 14.9 Å². The van der Waals surface area contributed by atoms with Gasteiger partial charge in [0, 0.05) is 37.0 Å². The molecule has 37 heavy (non-hydrogen) atoms. The molecule has 3 heterocycles. The van der Waals surface area contributed by atoms with Crippen LogP contribution in [0.3, 0.4) is 0 Å². The molecule has 2 saturated heterocycles. The summed E-state index contributed by atoms with van der Waals surface area (Å²) in [5.41, 5.74) is 0.136. The van der Waals surface area contributed by atoms with Gasteiger partial charge >= 0.3 is 12.2 Å². The summed E-state index contributed by atoms with van der Waals surface area (Å²) in [6.07, 6.45) is 1.56. The molecule has 2 amide bonds. The van der Waals surface area contributed by atoms with Crippen molar-refractivity contribution >= 4 is 51.9 Å². The number of carbonyl (C=O) groups excluding carboxylic acids is 2. The highest BCUT2D eigenvalue weighted by Gasteiger charge is 2.48. The predicted molar refractivity (Wildman–Crippen MR) is 138 cm³/mol. The lowest BCUT2D eigenvalue weighted by Crippen LogP contribution is -2.49. The second kappa shape index (κ2) is 9.33. The van der Waals surface area contributed by atoms with Gasteiger partial charge in [0.25, 0.3) is 0 Å². The van der Waals surface area contributed by atoms with Crippen molar-refractivity contribution in [3.63, 3.8) is 0 Å². The molecular weight excluding hydrogens is 501 g/mol. The number of carbonyl (C=O) groups is 2. The van der Waals surface area contributed by atoms with Gasteiger partial charge < -0.3 is 19.7 Å². The Morgan fingerprint density at radius 2 is 1.95 bits per heavy atom. The van der Waals surface area contributed by atoms with E-state index in [1.54, 1.807) is 40.1 Å². The van der Waals surface area contributed by atoms with Crippen molar-refractivity contribution in [2.75, 3.05) is 29.9 Å². The van der Waals surface area contributed by atoms with Crippen molar-refractivity contribution < 1.29 is 23.5 Å². The molecule has 0 aliphatic carbocycles. The SMILES string of the molecule is CC(C)(C)OC(=O)N1CCC2(CC1)CN(c1ccc3ncnc(Nc4cccc(Cl)c4F)c3c1)C(=O)O2. The van der Waals surface area contributed by atoms with Crippen LogP contribution in [0.2, 0.25) is 5.02 Å². The molecule has 0 radical (unpaired) electrons. The van der Waals surface area contributed by atoms with Gasteiger partial charge in [0.1, 0.15) is 23.3 Å². The van der Waals surface area contributed by atoms with E-state index in [4.69, 9.17) is 21.1 Å². The molecule has 1 spiro atoms. The fraction of sp³-hybridized carbons (Fsp3) is 0.385. The summed E-state index contributed by atoms with van der Waals surface area (Å²) in [4.78, 5) is 37.1. The first kappa shape index (κ1) is 25.0. The molecule has 2 aromatic carbocycles. The van der Waals surface area contributed by atoms with Crippen LogP contribution in [-0.2, 0) is 9.47 Å². The zero-order valence-electron chi connectivity index (χ0n) is 20.8. The highest BCUT2D eigenvalue weighted by Crippen LogP contribution is 2.37. The number of hydrogen-bond donors (Lipinski definition) is 1. The van der Waals surface area contributed by atoms with Crippen molar-refractivity contribution in [3.05, 3.63) is 53.6 Å². The molecule has 9 nitrogen and oxygen atoms in total. The van der Waals surface area contributed by atoms with Crippen LogP contribution in [-0.4, -0.2) is 57.9 Å². The Balaban J connectivity index is 1.35. The molecule has 11 heteroatoms. The summed E-state index contributed by atoms with van der Waals surface area (Å²) in [7, 11) is 0. The molecule has 5 rings (SSSR count). The molecule has 3 aromatic rings. The fourth-order valence-corrected chi connectivity index (χ4v) is 4.72. The van der Waals surface area contributed by atoms with Crippen molar-refractivity contribution in [3.8, 4) is 0 Å². The summed E-state index contributed by atoms with van der Waals surface area (Å²) in [6, 6.07) is 9.99. The normalized spacial score (nSPS) is 17.3. The maximum absolute atomic E-state index is 14.5. The van der Waals surface area contributed by atoms with Gasteiger partial charge in [-0.15, -0.1) is 0 Å². The van der Waals surface area contributed by atoms with Crippen LogP contribution in [0.5, 0.6) is 0 Å². The molecule has 1 N–H and O–H groups in total. The number of nitrogens with zero attached hydrogens (tertiary/aromatic N) is 4. The number of hydrogen-bond acceptors (Lipinski definition) is 7. The van der Waals surface area contributed by atoms with E-state index in [1.807, 2.05) is 20.8 Å². The summed E-state index contributed by atoms with van der Waals surface area (Å²) in [5, 5.41) is 3.58. The van der Waals surface area contributed by atoms with Crippen LogP contribution in [0.4, 0.5) is 31.2 Å². The number of ether oxygens (including phenoxy) is 2. The second-order valence-electron chi connectivity index (χ2n) is 10.3. The summed E-state index contributed by atoms with van der Waals surface area (Å²) in [5.74, 6) is -0.212. The van der Waals surface area contributed by atoms with Crippen molar-refractivity contribution in [2.45, 2.75) is 44.8 Å². The fourth-order valence-electron chi connectivity index (χ4n) is 4.55. The molecule has 0 atom stereocenters. The van der Waals surface area contributed by atoms with Crippen LogP contribution < -0.4 is 10.2 Å². The minimum atomic E-state index is -0.692. The Morgan fingerprint density at radius 1 is 1.19 bits per heavy atom. The van der Waals surface area contributed by atoms with Gasteiger partial charge in [0.15, 0.2) is 5.82 Å². The van der Waals surface area contributed by atoms with Gasteiger partial charge in [-0.05, 0) is 51.1 Å². The quantitative estimate of drug-likeness (QED) is 0.453. The maximum atomic E-state index is 14.5. The zero-order chi connectivity index (χ0) is 26.4. The molecule has 2 aliphatic heterocycles. The van der Waals surface area contributed by atoms with Crippen LogP contribution in [0.25, 0.3) is 10.9 Å². The first-order chi connectivity index (χ1) is 17.5. The number of fused-ring (bicyclic) bond motifs is 1. The van der Waals surface area contributed by atoms with E-state index in [0.717, 1.165) is 0 Å². The van der Waals surface area contributed by atoms with E-state index in [9.17, 15) is 14.0 Å². The summed E-state index contributed by atoms with van der Waals surface area (Å²) in [6.45, 7) is 6.69. The third kappa shape index (κ3) is 5.11. The van der Waals surface area contributed by atoms with Crippen molar-refractivity contribution in [2.24, 2.45) is 0 Å². The Kier molecular flexibility index (Phi) is 6.31. The average molecular weight is 528 g/mol. The third-order valence-electron chi connectivity index (χ3n) is 6.43. The minimum Gasteiger partial charge on any atom is -0.444 e. The molecule has 0 unspecified atom stereocenters. The number of anilines is 3. The van der Waals surface area contributed by atoms with Gasteiger partial charge in [-0.1, -0.05) is 17.7 Å². The molecular formula is C26H27ClFN5O4.